The normalized spacial score (nSPS) is 20.5. The summed E-state index contributed by atoms with van der Waals surface area (Å²) in [6.07, 6.45) is 6.36. The Morgan fingerprint density at radius 3 is 2.11 bits per heavy atom. The van der Waals surface area contributed by atoms with Crippen molar-refractivity contribution in [3.8, 4) is 0 Å². The molecule has 2 aromatic carbocycles. The molecule has 1 heterocycles. The first-order chi connectivity index (χ1) is 13.5. The Kier molecular flexibility index (Phi) is 6.15. The van der Waals surface area contributed by atoms with Gasteiger partial charge < -0.3 is 10.2 Å². The topological polar surface area (TPSA) is 77.8 Å². The molecule has 0 radical (unpaired) electrons. The minimum atomic E-state index is -1.82. The Bertz CT molecular complexity index is 851. The lowest BCUT2D eigenvalue weighted by molar-refractivity contribution is -0.159. The molecule has 1 unspecified atom stereocenters. The molecule has 5 heteroatoms. The highest BCUT2D eigenvalue weighted by Crippen LogP contribution is 2.50. The fourth-order valence-electron chi connectivity index (χ4n) is 4.69. The smallest absolute Gasteiger partial charge is 0.414 e. The molecule has 0 fully saturated rings. The second kappa shape index (κ2) is 8.57. The molecular weight excluding hydrogens is 354 g/mol. The number of benzene rings is 2. The van der Waals surface area contributed by atoms with E-state index in [9.17, 15) is 0 Å². The van der Waals surface area contributed by atoms with Crippen LogP contribution in [0.5, 0.6) is 0 Å². The molecule has 0 saturated heterocycles. The van der Waals surface area contributed by atoms with Crippen LogP contribution in [-0.2, 0) is 28.1 Å². The number of aryl methyl sites for hydroxylation is 1. The highest BCUT2D eigenvalue weighted by Gasteiger charge is 2.46. The molecule has 148 valence electrons. The van der Waals surface area contributed by atoms with Gasteiger partial charge in [0.25, 0.3) is 0 Å². The van der Waals surface area contributed by atoms with E-state index < -0.39 is 11.9 Å². The number of nitrogens with zero attached hydrogens (tertiary/aromatic N) is 1. The molecule has 0 amide bonds. The number of carbonyl (C=O) groups is 2. The van der Waals surface area contributed by atoms with Crippen molar-refractivity contribution < 1.29 is 19.8 Å². The molecule has 1 aliphatic carbocycles. The second-order valence-corrected chi connectivity index (χ2v) is 7.41. The summed E-state index contributed by atoms with van der Waals surface area (Å²) in [6.45, 7) is 4.60. The molecule has 2 aromatic rings. The van der Waals surface area contributed by atoms with E-state index in [1.165, 1.54) is 44.2 Å². The maximum Gasteiger partial charge on any atom is 0.414 e. The fraction of sp³-hybridized carbons (Fsp3) is 0.391. The zero-order valence-corrected chi connectivity index (χ0v) is 16.2. The average molecular weight is 381 g/mol. The van der Waals surface area contributed by atoms with Crippen LogP contribution in [0.25, 0.3) is 0 Å². The van der Waals surface area contributed by atoms with Gasteiger partial charge in [-0.15, -0.1) is 0 Å². The van der Waals surface area contributed by atoms with E-state index in [2.05, 4.69) is 60.4 Å². The molecule has 1 atom stereocenters. The van der Waals surface area contributed by atoms with Gasteiger partial charge in [0.1, 0.15) is 0 Å². The molecule has 5 nitrogen and oxygen atoms in total. The summed E-state index contributed by atoms with van der Waals surface area (Å²) in [7, 11) is 0. The van der Waals surface area contributed by atoms with Crippen LogP contribution in [0.15, 0.2) is 48.5 Å². The maximum atomic E-state index is 9.10. The van der Waals surface area contributed by atoms with Crippen molar-refractivity contribution in [2.45, 2.75) is 51.1 Å². The number of rotatable bonds is 2. The largest absolute Gasteiger partial charge is 0.473 e. The molecular formula is C23H27NO4. The van der Waals surface area contributed by atoms with Gasteiger partial charge in [-0.2, -0.15) is 0 Å². The minimum absolute atomic E-state index is 0.125. The molecule has 4 rings (SSSR count). The third kappa shape index (κ3) is 3.67. The zero-order valence-electron chi connectivity index (χ0n) is 16.2. The lowest BCUT2D eigenvalue weighted by Gasteiger charge is -2.40. The van der Waals surface area contributed by atoms with Crippen molar-refractivity contribution >= 4 is 11.9 Å². The van der Waals surface area contributed by atoms with E-state index in [0.29, 0.717) is 0 Å². The predicted octanol–water partition coefficient (Wildman–Crippen LogP) is 4.04. The van der Waals surface area contributed by atoms with Gasteiger partial charge in [0.15, 0.2) is 0 Å². The van der Waals surface area contributed by atoms with Crippen LogP contribution in [0, 0.1) is 0 Å². The van der Waals surface area contributed by atoms with Gasteiger partial charge in [-0.05, 0) is 54.5 Å². The third-order valence-corrected chi connectivity index (χ3v) is 5.74. The predicted molar refractivity (Wildman–Crippen MR) is 107 cm³/mol. The number of hydrogen-bond donors (Lipinski definition) is 2. The zero-order chi connectivity index (χ0) is 20.1. The Labute approximate surface area is 165 Å². The first-order valence-corrected chi connectivity index (χ1v) is 9.88. The summed E-state index contributed by atoms with van der Waals surface area (Å²) in [4.78, 5) is 21.0. The van der Waals surface area contributed by atoms with Gasteiger partial charge in [0.05, 0.1) is 5.54 Å². The van der Waals surface area contributed by atoms with E-state index in [4.69, 9.17) is 19.8 Å². The molecule has 1 aliphatic heterocycles. The van der Waals surface area contributed by atoms with Gasteiger partial charge >= 0.3 is 11.9 Å². The number of fused-ring (bicyclic) bond motifs is 4. The van der Waals surface area contributed by atoms with E-state index in [-0.39, 0.29) is 5.54 Å². The van der Waals surface area contributed by atoms with Crippen molar-refractivity contribution in [2.75, 3.05) is 6.54 Å². The fourth-order valence-corrected chi connectivity index (χ4v) is 4.69. The van der Waals surface area contributed by atoms with Crippen molar-refractivity contribution in [3.05, 3.63) is 70.8 Å². The SMILES string of the molecule is CCCN1Cc2ccccc2C12CCCCc1ccccc12.O=C(O)C(=O)O. The van der Waals surface area contributed by atoms with Crippen molar-refractivity contribution in [1.82, 2.24) is 4.90 Å². The van der Waals surface area contributed by atoms with Crippen LogP contribution in [0.3, 0.4) is 0 Å². The summed E-state index contributed by atoms with van der Waals surface area (Å²) in [5.74, 6) is -3.65. The number of carboxylic acids is 2. The lowest BCUT2D eigenvalue weighted by atomic mass is 9.78. The first kappa shape index (κ1) is 20.1. The monoisotopic (exact) mass is 381 g/mol. The lowest BCUT2D eigenvalue weighted by Crippen LogP contribution is -2.42. The van der Waals surface area contributed by atoms with E-state index in [0.717, 1.165) is 6.54 Å². The molecule has 0 bridgehead atoms. The van der Waals surface area contributed by atoms with Crippen LogP contribution in [0.1, 0.15) is 54.9 Å². The summed E-state index contributed by atoms with van der Waals surface area (Å²) in [5, 5.41) is 14.8. The quantitative estimate of drug-likeness (QED) is 0.768. The Balaban J connectivity index is 0.000000330. The summed E-state index contributed by atoms with van der Waals surface area (Å²) in [6, 6.07) is 18.3. The maximum absolute atomic E-state index is 9.10. The van der Waals surface area contributed by atoms with Gasteiger partial charge in [0, 0.05) is 6.54 Å². The van der Waals surface area contributed by atoms with Crippen molar-refractivity contribution in [2.24, 2.45) is 0 Å². The van der Waals surface area contributed by atoms with Crippen LogP contribution >= 0.6 is 0 Å². The number of aliphatic carboxylic acids is 2. The van der Waals surface area contributed by atoms with E-state index >= 15 is 0 Å². The number of carboxylic acid groups (broad SMARTS) is 2. The van der Waals surface area contributed by atoms with Gasteiger partial charge in [-0.25, -0.2) is 9.59 Å². The average Bonchev–Trinajstić information content (AvgIpc) is 2.87. The standard InChI is InChI=1S/C21H25N.C2H2O4/c1-2-15-22-16-18-11-4-6-13-20(18)21(22)14-8-7-10-17-9-3-5-12-19(17)21;3-1(4)2(5)6/h3-6,9,11-13H,2,7-8,10,14-16H2,1H3;(H,3,4)(H,5,6). The van der Waals surface area contributed by atoms with Gasteiger partial charge in [-0.1, -0.05) is 61.9 Å². The highest BCUT2D eigenvalue weighted by molar-refractivity contribution is 6.27. The molecule has 0 saturated carbocycles. The summed E-state index contributed by atoms with van der Waals surface area (Å²) < 4.78 is 0. The van der Waals surface area contributed by atoms with Gasteiger partial charge in [0.2, 0.25) is 0 Å². The Morgan fingerprint density at radius 2 is 1.50 bits per heavy atom. The number of hydrogen-bond acceptors (Lipinski definition) is 3. The van der Waals surface area contributed by atoms with E-state index in [1.54, 1.807) is 16.7 Å². The molecule has 28 heavy (non-hydrogen) atoms. The van der Waals surface area contributed by atoms with Crippen LogP contribution < -0.4 is 0 Å². The molecule has 1 spiro atoms. The Morgan fingerprint density at radius 1 is 0.929 bits per heavy atom. The third-order valence-electron chi connectivity index (χ3n) is 5.74. The van der Waals surface area contributed by atoms with E-state index in [1.807, 2.05) is 0 Å². The minimum Gasteiger partial charge on any atom is -0.473 e. The Hall–Kier alpha value is -2.66. The van der Waals surface area contributed by atoms with Crippen LogP contribution in [0.4, 0.5) is 0 Å². The van der Waals surface area contributed by atoms with Crippen LogP contribution in [-0.4, -0.2) is 33.6 Å². The molecule has 2 aliphatic rings. The van der Waals surface area contributed by atoms with Gasteiger partial charge in [-0.3, -0.25) is 4.90 Å². The summed E-state index contributed by atoms with van der Waals surface area (Å²) >= 11 is 0. The molecule has 2 N–H and O–H groups in total. The first-order valence-electron chi connectivity index (χ1n) is 9.88. The van der Waals surface area contributed by atoms with Crippen LogP contribution in [0.2, 0.25) is 0 Å². The highest BCUT2D eigenvalue weighted by atomic mass is 16.4. The summed E-state index contributed by atoms with van der Waals surface area (Å²) in [5.41, 5.74) is 6.37. The second-order valence-electron chi connectivity index (χ2n) is 7.41. The van der Waals surface area contributed by atoms with Crippen molar-refractivity contribution in [3.63, 3.8) is 0 Å². The van der Waals surface area contributed by atoms with Crippen molar-refractivity contribution in [1.29, 1.82) is 0 Å². The molecule has 0 aromatic heterocycles.